The van der Waals surface area contributed by atoms with Crippen LogP contribution < -0.4 is 5.32 Å². The minimum Gasteiger partial charge on any atom is -0.313 e. The molecule has 0 aliphatic heterocycles. The van der Waals surface area contributed by atoms with Crippen LogP contribution in [-0.4, -0.2) is 37.1 Å². The van der Waals surface area contributed by atoms with Crippen molar-refractivity contribution >= 4 is 0 Å². The molecule has 1 aliphatic carbocycles. The Morgan fingerprint density at radius 3 is 2.54 bits per heavy atom. The zero-order chi connectivity index (χ0) is 9.68. The lowest BCUT2D eigenvalue weighted by atomic mass is 10.2. The molecule has 0 radical (unpaired) electrons. The quantitative estimate of drug-likeness (QED) is 0.649. The largest absolute Gasteiger partial charge is 0.313 e. The number of rotatable bonds is 7. The van der Waals surface area contributed by atoms with E-state index in [0.717, 1.165) is 12.6 Å². The van der Waals surface area contributed by atoms with E-state index in [0.29, 0.717) is 6.04 Å². The van der Waals surface area contributed by atoms with E-state index < -0.39 is 0 Å². The van der Waals surface area contributed by atoms with E-state index >= 15 is 0 Å². The Bertz CT molecular complexity index is 132. The summed E-state index contributed by atoms with van der Waals surface area (Å²) in [6, 6.07) is 1.60. The van der Waals surface area contributed by atoms with Crippen molar-refractivity contribution < 1.29 is 0 Å². The van der Waals surface area contributed by atoms with Gasteiger partial charge >= 0.3 is 0 Å². The van der Waals surface area contributed by atoms with E-state index in [1.165, 1.54) is 32.2 Å². The molecule has 0 spiro atoms. The molecular formula is C11H24N2. The zero-order valence-corrected chi connectivity index (χ0v) is 9.34. The van der Waals surface area contributed by atoms with Crippen molar-refractivity contribution in [3.63, 3.8) is 0 Å². The van der Waals surface area contributed by atoms with Crippen LogP contribution in [0.5, 0.6) is 0 Å². The van der Waals surface area contributed by atoms with Crippen molar-refractivity contribution in [2.45, 2.75) is 51.6 Å². The first-order valence-corrected chi connectivity index (χ1v) is 5.71. The second-order valence-corrected chi connectivity index (χ2v) is 4.23. The van der Waals surface area contributed by atoms with Crippen molar-refractivity contribution in [1.82, 2.24) is 10.2 Å². The molecule has 0 aromatic rings. The van der Waals surface area contributed by atoms with Crippen molar-refractivity contribution in [1.29, 1.82) is 0 Å². The third kappa shape index (κ3) is 4.10. The molecule has 0 amide bonds. The molecule has 1 N–H and O–H groups in total. The number of nitrogens with one attached hydrogen (secondary N) is 1. The Labute approximate surface area is 82.7 Å². The maximum atomic E-state index is 3.59. The number of likely N-dealkylation sites (N-methyl/N-ethyl adjacent to an activating group) is 1. The average molecular weight is 184 g/mol. The number of nitrogens with zero attached hydrogens (tertiary/aromatic N) is 1. The molecule has 0 heterocycles. The van der Waals surface area contributed by atoms with Gasteiger partial charge in [-0.3, -0.25) is 0 Å². The second kappa shape index (κ2) is 5.61. The Hall–Kier alpha value is -0.0800. The fourth-order valence-electron chi connectivity index (χ4n) is 1.70. The van der Waals surface area contributed by atoms with Crippen LogP contribution in [-0.2, 0) is 0 Å². The molecule has 13 heavy (non-hydrogen) atoms. The van der Waals surface area contributed by atoms with Gasteiger partial charge in [0.15, 0.2) is 0 Å². The molecule has 1 saturated carbocycles. The lowest BCUT2D eigenvalue weighted by Gasteiger charge is -2.23. The lowest BCUT2D eigenvalue weighted by molar-refractivity contribution is 0.276. The monoisotopic (exact) mass is 184 g/mol. The molecule has 1 fully saturated rings. The van der Waals surface area contributed by atoms with Crippen LogP contribution in [0.15, 0.2) is 0 Å². The van der Waals surface area contributed by atoms with E-state index in [-0.39, 0.29) is 0 Å². The van der Waals surface area contributed by atoms with Crippen molar-refractivity contribution in [2.75, 3.05) is 20.1 Å². The van der Waals surface area contributed by atoms with Gasteiger partial charge in [-0.25, -0.2) is 0 Å². The molecule has 0 aromatic carbocycles. The van der Waals surface area contributed by atoms with E-state index in [9.17, 15) is 0 Å². The summed E-state index contributed by atoms with van der Waals surface area (Å²) in [6.07, 6.45) is 5.32. The van der Waals surface area contributed by atoms with Gasteiger partial charge in [0.05, 0.1) is 0 Å². The van der Waals surface area contributed by atoms with Gasteiger partial charge in [0.2, 0.25) is 0 Å². The predicted octanol–water partition coefficient (Wildman–Crippen LogP) is 1.86. The highest BCUT2D eigenvalue weighted by atomic mass is 15.2. The summed E-state index contributed by atoms with van der Waals surface area (Å²) in [4.78, 5) is 2.51. The van der Waals surface area contributed by atoms with Crippen molar-refractivity contribution in [3.8, 4) is 0 Å². The van der Waals surface area contributed by atoms with Crippen LogP contribution in [0.2, 0.25) is 0 Å². The maximum Gasteiger partial charge on any atom is 0.0192 e. The van der Waals surface area contributed by atoms with E-state index in [1.807, 2.05) is 0 Å². The standard InChI is InChI=1S/C11H24N2/c1-4-8-12-10(5-2)9-13(3)11-6-7-11/h10-12H,4-9H2,1-3H3. The molecule has 2 heteroatoms. The smallest absolute Gasteiger partial charge is 0.0192 e. The first-order valence-electron chi connectivity index (χ1n) is 5.71. The molecule has 0 aromatic heterocycles. The van der Waals surface area contributed by atoms with Crippen LogP contribution in [0.25, 0.3) is 0 Å². The van der Waals surface area contributed by atoms with Gasteiger partial charge in [0.1, 0.15) is 0 Å². The van der Waals surface area contributed by atoms with Crippen LogP contribution in [0, 0.1) is 0 Å². The number of hydrogen-bond acceptors (Lipinski definition) is 2. The summed E-state index contributed by atoms with van der Waals surface area (Å²) in [6.45, 7) is 6.89. The van der Waals surface area contributed by atoms with Gasteiger partial charge in [0.25, 0.3) is 0 Å². The summed E-state index contributed by atoms with van der Waals surface area (Å²) in [5.41, 5.74) is 0. The van der Waals surface area contributed by atoms with Gasteiger partial charge < -0.3 is 10.2 Å². The third-order valence-corrected chi connectivity index (χ3v) is 2.85. The zero-order valence-electron chi connectivity index (χ0n) is 9.34. The molecule has 0 saturated heterocycles. The topological polar surface area (TPSA) is 15.3 Å². The molecule has 1 rings (SSSR count). The minimum atomic E-state index is 0.700. The summed E-state index contributed by atoms with van der Waals surface area (Å²) in [5, 5.41) is 3.59. The second-order valence-electron chi connectivity index (χ2n) is 4.23. The Balaban J connectivity index is 2.13. The summed E-state index contributed by atoms with van der Waals surface area (Å²) >= 11 is 0. The van der Waals surface area contributed by atoms with E-state index in [1.54, 1.807) is 0 Å². The molecular weight excluding hydrogens is 160 g/mol. The molecule has 1 atom stereocenters. The van der Waals surface area contributed by atoms with Gasteiger partial charge in [-0.1, -0.05) is 13.8 Å². The average Bonchev–Trinajstić information content (AvgIpc) is 2.94. The molecule has 2 nitrogen and oxygen atoms in total. The van der Waals surface area contributed by atoms with Crippen LogP contribution in [0.1, 0.15) is 39.5 Å². The van der Waals surface area contributed by atoms with Crippen LogP contribution in [0.3, 0.4) is 0 Å². The van der Waals surface area contributed by atoms with Gasteiger partial charge in [0, 0.05) is 18.6 Å². The van der Waals surface area contributed by atoms with Crippen molar-refractivity contribution in [3.05, 3.63) is 0 Å². The molecule has 1 unspecified atom stereocenters. The Kier molecular flexibility index (Phi) is 4.74. The van der Waals surface area contributed by atoms with Crippen LogP contribution in [0.4, 0.5) is 0 Å². The highest BCUT2D eigenvalue weighted by Gasteiger charge is 2.26. The summed E-state index contributed by atoms with van der Waals surface area (Å²) in [7, 11) is 2.26. The van der Waals surface area contributed by atoms with Gasteiger partial charge in [-0.05, 0) is 39.3 Å². The van der Waals surface area contributed by atoms with Crippen LogP contribution >= 0.6 is 0 Å². The van der Waals surface area contributed by atoms with Gasteiger partial charge in [-0.2, -0.15) is 0 Å². The van der Waals surface area contributed by atoms with Crippen molar-refractivity contribution in [2.24, 2.45) is 0 Å². The number of hydrogen-bond donors (Lipinski definition) is 1. The normalized spacial score (nSPS) is 19.4. The predicted molar refractivity (Wildman–Crippen MR) is 58.0 cm³/mol. The Morgan fingerprint density at radius 2 is 2.08 bits per heavy atom. The van der Waals surface area contributed by atoms with E-state index in [4.69, 9.17) is 0 Å². The Morgan fingerprint density at radius 1 is 1.38 bits per heavy atom. The minimum absolute atomic E-state index is 0.700. The highest BCUT2D eigenvalue weighted by molar-refractivity contribution is 4.84. The molecule has 1 aliphatic rings. The first kappa shape index (κ1) is 11.0. The molecule has 78 valence electrons. The first-order chi connectivity index (χ1) is 6.27. The lowest BCUT2D eigenvalue weighted by Crippen LogP contribution is -2.40. The maximum absolute atomic E-state index is 3.59. The third-order valence-electron chi connectivity index (χ3n) is 2.85. The fraction of sp³-hybridized carbons (Fsp3) is 1.00. The molecule has 0 bridgehead atoms. The fourth-order valence-corrected chi connectivity index (χ4v) is 1.70. The SMILES string of the molecule is CCCNC(CC)CN(C)C1CC1. The summed E-state index contributed by atoms with van der Waals surface area (Å²) in [5.74, 6) is 0. The summed E-state index contributed by atoms with van der Waals surface area (Å²) < 4.78 is 0. The van der Waals surface area contributed by atoms with Gasteiger partial charge in [-0.15, -0.1) is 0 Å². The highest BCUT2D eigenvalue weighted by Crippen LogP contribution is 2.25. The van der Waals surface area contributed by atoms with E-state index in [2.05, 4.69) is 31.1 Å².